The summed E-state index contributed by atoms with van der Waals surface area (Å²) < 4.78 is 0. The fraction of sp³-hybridized carbons (Fsp3) is 0.333. The van der Waals surface area contributed by atoms with Gasteiger partial charge >= 0.3 is 0 Å². The Morgan fingerprint density at radius 3 is 2.35 bits per heavy atom. The normalized spacial score (nSPS) is 12.6. The lowest BCUT2D eigenvalue weighted by Crippen LogP contribution is -2.16. The van der Waals surface area contributed by atoms with Gasteiger partial charge in [0.15, 0.2) is 5.84 Å². The van der Waals surface area contributed by atoms with Crippen molar-refractivity contribution in [1.82, 2.24) is 10.6 Å². The highest BCUT2D eigenvalue weighted by atomic mass is 15.3. The summed E-state index contributed by atoms with van der Waals surface area (Å²) >= 11 is 0. The number of benzene rings is 1. The van der Waals surface area contributed by atoms with E-state index in [2.05, 4.69) is 20.8 Å². The molecule has 1 aromatic carbocycles. The summed E-state index contributed by atoms with van der Waals surface area (Å²) in [5.41, 5.74) is 7.90. The summed E-state index contributed by atoms with van der Waals surface area (Å²) in [4.78, 5) is 0. The number of hydrogen-bond donors (Lipinski definition) is 3. The Morgan fingerprint density at radius 1 is 1.18 bits per heavy atom. The lowest BCUT2D eigenvalue weighted by atomic mass is 10.1. The first kappa shape index (κ1) is 13.2. The summed E-state index contributed by atoms with van der Waals surface area (Å²) in [6, 6.07) is 7.91. The van der Waals surface area contributed by atoms with Crippen LogP contribution in [0.2, 0.25) is 0 Å². The fourth-order valence-corrected chi connectivity index (χ4v) is 1.23. The standard InChI is InChI=1S/C12H19N5/c1-9(15-3)16-17-12(13)11-6-4-10(5-7-11)8-14-2/h4-7,14H,8H2,1-3H3,(H2,13,17)(H,15,16). The molecule has 0 saturated carbocycles. The molecule has 17 heavy (non-hydrogen) atoms. The first-order valence-electron chi connectivity index (χ1n) is 5.46. The van der Waals surface area contributed by atoms with Crippen molar-refractivity contribution in [2.75, 3.05) is 14.1 Å². The van der Waals surface area contributed by atoms with Gasteiger partial charge in [-0.3, -0.25) is 0 Å². The zero-order valence-electron chi connectivity index (χ0n) is 10.5. The van der Waals surface area contributed by atoms with Crippen LogP contribution in [0.3, 0.4) is 0 Å². The van der Waals surface area contributed by atoms with E-state index in [1.165, 1.54) is 5.56 Å². The molecule has 0 atom stereocenters. The van der Waals surface area contributed by atoms with Crippen molar-refractivity contribution < 1.29 is 0 Å². The van der Waals surface area contributed by atoms with Gasteiger partial charge in [0.2, 0.25) is 0 Å². The molecule has 0 bridgehead atoms. The molecule has 5 nitrogen and oxygen atoms in total. The third-order valence-corrected chi connectivity index (χ3v) is 2.30. The average Bonchev–Trinajstić information content (AvgIpc) is 2.36. The van der Waals surface area contributed by atoms with E-state index in [0.717, 1.165) is 17.9 Å². The monoisotopic (exact) mass is 233 g/mol. The molecule has 0 aliphatic heterocycles. The summed E-state index contributed by atoms with van der Waals surface area (Å²) in [5.74, 6) is 1.13. The van der Waals surface area contributed by atoms with Gasteiger partial charge in [-0.15, -0.1) is 10.2 Å². The minimum absolute atomic E-state index is 0.413. The Kier molecular flexibility index (Phi) is 5.16. The van der Waals surface area contributed by atoms with Crippen molar-refractivity contribution in [2.24, 2.45) is 15.9 Å². The summed E-state index contributed by atoms with van der Waals surface area (Å²) in [6.07, 6.45) is 0. The van der Waals surface area contributed by atoms with E-state index < -0.39 is 0 Å². The van der Waals surface area contributed by atoms with Crippen LogP contribution in [0.1, 0.15) is 18.1 Å². The number of rotatable bonds is 4. The fourth-order valence-electron chi connectivity index (χ4n) is 1.23. The van der Waals surface area contributed by atoms with Gasteiger partial charge in [-0.1, -0.05) is 24.3 Å². The predicted molar refractivity (Wildman–Crippen MR) is 72.1 cm³/mol. The number of nitrogens with two attached hydrogens (primary N) is 1. The van der Waals surface area contributed by atoms with Gasteiger partial charge in [0.25, 0.3) is 0 Å². The molecule has 0 fully saturated rings. The molecule has 4 N–H and O–H groups in total. The molecule has 0 spiro atoms. The maximum atomic E-state index is 5.82. The van der Waals surface area contributed by atoms with Crippen molar-refractivity contribution in [1.29, 1.82) is 0 Å². The topological polar surface area (TPSA) is 74.8 Å². The van der Waals surface area contributed by atoms with Crippen LogP contribution in [0.15, 0.2) is 34.5 Å². The van der Waals surface area contributed by atoms with E-state index in [1.807, 2.05) is 38.2 Å². The lowest BCUT2D eigenvalue weighted by Gasteiger charge is -2.02. The predicted octanol–water partition coefficient (Wildman–Crippen LogP) is 0.664. The molecule has 0 aliphatic rings. The summed E-state index contributed by atoms with van der Waals surface area (Å²) in [7, 11) is 3.70. The van der Waals surface area contributed by atoms with Crippen LogP contribution in [0.25, 0.3) is 0 Å². The van der Waals surface area contributed by atoms with Crippen molar-refractivity contribution >= 4 is 11.7 Å². The summed E-state index contributed by atoms with van der Waals surface area (Å²) in [6.45, 7) is 2.67. The van der Waals surface area contributed by atoms with Crippen LogP contribution in [0.4, 0.5) is 0 Å². The number of nitrogens with zero attached hydrogens (tertiary/aromatic N) is 2. The van der Waals surface area contributed by atoms with E-state index in [-0.39, 0.29) is 0 Å². The Labute approximate surface area is 102 Å². The maximum absolute atomic E-state index is 5.82. The van der Waals surface area contributed by atoms with Gasteiger partial charge in [0, 0.05) is 19.2 Å². The molecule has 1 rings (SSSR count). The van der Waals surface area contributed by atoms with Crippen LogP contribution in [-0.2, 0) is 6.54 Å². The molecule has 0 aromatic heterocycles. The molecule has 0 saturated heterocycles. The van der Waals surface area contributed by atoms with E-state index in [1.54, 1.807) is 7.05 Å². The zero-order chi connectivity index (χ0) is 12.7. The Bertz CT molecular complexity index is 405. The molecule has 0 unspecified atom stereocenters. The third kappa shape index (κ3) is 4.24. The highest BCUT2D eigenvalue weighted by Gasteiger charge is 1.98. The maximum Gasteiger partial charge on any atom is 0.153 e. The molecule has 1 aromatic rings. The number of amidine groups is 2. The van der Waals surface area contributed by atoms with Crippen molar-refractivity contribution in [2.45, 2.75) is 13.5 Å². The molecular formula is C12H19N5. The van der Waals surface area contributed by atoms with Crippen molar-refractivity contribution in [3.63, 3.8) is 0 Å². The van der Waals surface area contributed by atoms with Gasteiger partial charge in [-0.25, -0.2) is 0 Å². The van der Waals surface area contributed by atoms with Crippen LogP contribution in [0, 0.1) is 0 Å². The van der Waals surface area contributed by atoms with Gasteiger partial charge in [-0.2, -0.15) is 0 Å². The van der Waals surface area contributed by atoms with E-state index >= 15 is 0 Å². The van der Waals surface area contributed by atoms with Gasteiger partial charge < -0.3 is 16.4 Å². The van der Waals surface area contributed by atoms with E-state index in [9.17, 15) is 0 Å². The Hall–Kier alpha value is -1.88. The molecular weight excluding hydrogens is 214 g/mol. The van der Waals surface area contributed by atoms with Crippen molar-refractivity contribution in [3.05, 3.63) is 35.4 Å². The van der Waals surface area contributed by atoms with Crippen molar-refractivity contribution in [3.8, 4) is 0 Å². The zero-order valence-corrected chi connectivity index (χ0v) is 10.5. The smallest absolute Gasteiger partial charge is 0.153 e. The van der Waals surface area contributed by atoms with Crippen LogP contribution in [0.5, 0.6) is 0 Å². The minimum Gasteiger partial charge on any atom is -0.382 e. The highest BCUT2D eigenvalue weighted by molar-refractivity contribution is 5.97. The van der Waals surface area contributed by atoms with Crippen LogP contribution in [-0.4, -0.2) is 25.8 Å². The average molecular weight is 233 g/mol. The SMILES string of the molecule is CNCc1ccc(/C(N)=N/N=C(/C)NC)cc1. The van der Waals surface area contributed by atoms with E-state index in [4.69, 9.17) is 5.73 Å². The Morgan fingerprint density at radius 2 is 1.82 bits per heavy atom. The second-order valence-corrected chi connectivity index (χ2v) is 3.65. The highest BCUT2D eigenvalue weighted by Crippen LogP contribution is 2.04. The van der Waals surface area contributed by atoms with Crippen LogP contribution >= 0.6 is 0 Å². The largest absolute Gasteiger partial charge is 0.382 e. The van der Waals surface area contributed by atoms with Crippen LogP contribution < -0.4 is 16.4 Å². The quantitative estimate of drug-likeness (QED) is 0.406. The molecule has 92 valence electrons. The number of nitrogens with one attached hydrogen (secondary N) is 2. The Balaban J connectivity index is 2.79. The second-order valence-electron chi connectivity index (χ2n) is 3.65. The number of hydrogen-bond acceptors (Lipinski definition) is 3. The third-order valence-electron chi connectivity index (χ3n) is 2.30. The first-order valence-corrected chi connectivity index (χ1v) is 5.46. The lowest BCUT2D eigenvalue weighted by molar-refractivity contribution is 0.818. The molecule has 0 aliphatic carbocycles. The molecule has 0 radical (unpaired) electrons. The molecule has 0 heterocycles. The van der Waals surface area contributed by atoms with E-state index in [0.29, 0.717) is 5.84 Å². The first-order chi connectivity index (χ1) is 8.17. The molecule has 5 heteroatoms. The minimum atomic E-state index is 0.413. The van der Waals surface area contributed by atoms with Gasteiger partial charge in [-0.05, 0) is 19.5 Å². The summed E-state index contributed by atoms with van der Waals surface area (Å²) in [5, 5.41) is 13.8. The second kappa shape index (κ2) is 6.65. The van der Waals surface area contributed by atoms with Gasteiger partial charge in [0.1, 0.15) is 5.84 Å². The van der Waals surface area contributed by atoms with Gasteiger partial charge in [0.05, 0.1) is 0 Å². The molecule has 0 amide bonds.